The van der Waals surface area contributed by atoms with Crippen molar-refractivity contribution >= 4 is 11.6 Å². The summed E-state index contributed by atoms with van der Waals surface area (Å²) >= 11 is 0. The number of rotatable bonds is 4. The van der Waals surface area contributed by atoms with E-state index in [4.69, 9.17) is 0 Å². The number of hydrogen-bond donors (Lipinski definition) is 1. The number of amides is 1. The monoisotopic (exact) mass is 309 g/mol. The number of aromatic nitrogens is 4. The van der Waals surface area contributed by atoms with Crippen LogP contribution in [0.1, 0.15) is 17.0 Å². The molecule has 0 aliphatic heterocycles. The molecule has 118 valence electrons. The summed E-state index contributed by atoms with van der Waals surface area (Å²) < 4.78 is 3.53. The van der Waals surface area contributed by atoms with Crippen molar-refractivity contribution in [1.29, 1.82) is 0 Å². The molecule has 1 amide bonds. The predicted octanol–water partition coefficient (Wildman–Crippen LogP) is 2.40. The van der Waals surface area contributed by atoms with Crippen LogP contribution in [0.3, 0.4) is 0 Å². The lowest BCUT2D eigenvalue weighted by atomic mass is 10.1. The zero-order valence-corrected chi connectivity index (χ0v) is 13.4. The number of para-hydroxylation sites is 1. The van der Waals surface area contributed by atoms with Gasteiger partial charge in [-0.25, -0.2) is 4.68 Å². The van der Waals surface area contributed by atoms with Crippen LogP contribution in [-0.4, -0.2) is 25.5 Å². The number of carbonyl (C=O) groups is 1. The van der Waals surface area contributed by atoms with Gasteiger partial charge in [0.05, 0.1) is 29.7 Å². The van der Waals surface area contributed by atoms with Gasteiger partial charge in [-0.05, 0) is 26.0 Å². The SMILES string of the molecule is Cc1nn(-c2ccccc2)c(C)c1CC(=O)Nc1cnn(C)c1. The molecule has 6 nitrogen and oxygen atoms in total. The average molecular weight is 309 g/mol. The minimum absolute atomic E-state index is 0.0724. The Bertz CT molecular complexity index is 832. The van der Waals surface area contributed by atoms with Crippen LogP contribution in [0.5, 0.6) is 0 Å². The number of anilines is 1. The molecular weight excluding hydrogens is 290 g/mol. The van der Waals surface area contributed by atoms with Gasteiger partial charge in [0.2, 0.25) is 5.91 Å². The van der Waals surface area contributed by atoms with Crippen LogP contribution in [0.2, 0.25) is 0 Å². The third kappa shape index (κ3) is 3.15. The Morgan fingerprint density at radius 2 is 1.96 bits per heavy atom. The van der Waals surface area contributed by atoms with Crippen LogP contribution in [0.4, 0.5) is 5.69 Å². The highest BCUT2D eigenvalue weighted by molar-refractivity contribution is 5.92. The summed E-state index contributed by atoms with van der Waals surface area (Å²) in [4.78, 5) is 12.3. The lowest BCUT2D eigenvalue weighted by Gasteiger charge is -2.05. The van der Waals surface area contributed by atoms with Gasteiger partial charge < -0.3 is 5.32 Å². The quantitative estimate of drug-likeness (QED) is 0.805. The first-order valence-corrected chi connectivity index (χ1v) is 7.43. The molecule has 3 aromatic rings. The topological polar surface area (TPSA) is 64.7 Å². The van der Waals surface area contributed by atoms with Gasteiger partial charge in [-0.2, -0.15) is 10.2 Å². The highest BCUT2D eigenvalue weighted by Crippen LogP contribution is 2.19. The van der Waals surface area contributed by atoms with Crippen molar-refractivity contribution in [2.75, 3.05) is 5.32 Å². The van der Waals surface area contributed by atoms with Crippen LogP contribution in [0.25, 0.3) is 5.69 Å². The van der Waals surface area contributed by atoms with Crippen molar-refractivity contribution < 1.29 is 4.79 Å². The zero-order valence-electron chi connectivity index (χ0n) is 13.4. The van der Waals surface area contributed by atoms with E-state index in [0.717, 1.165) is 22.6 Å². The molecule has 0 fully saturated rings. The van der Waals surface area contributed by atoms with Gasteiger partial charge in [-0.1, -0.05) is 18.2 Å². The fourth-order valence-electron chi connectivity index (χ4n) is 2.60. The first-order chi connectivity index (χ1) is 11.0. The molecule has 0 unspecified atom stereocenters. The Kier molecular flexibility index (Phi) is 3.97. The van der Waals surface area contributed by atoms with E-state index in [1.165, 1.54) is 0 Å². The van der Waals surface area contributed by atoms with Crippen LogP contribution < -0.4 is 5.32 Å². The molecule has 2 aromatic heterocycles. The van der Waals surface area contributed by atoms with Gasteiger partial charge >= 0.3 is 0 Å². The van der Waals surface area contributed by atoms with Gasteiger partial charge in [0.15, 0.2) is 0 Å². The molecular formula is C17H19N5O. The van der Waals surface area contributed by atoms with E-state index in [9.17, 15) is 4.79 Å². The second-order valence-electron chi connectivity index (χ2n) is 5.52. The normalized spacial score (nSPS) is 10.7. The zero-order chi connectivity index (χ0) is 16.4. The van der Waals surface area contributed by atoms with Gasteiger partial charge in [-0.3, -0.25) is 9.48 Å². The summed E-state index contributed by atoms with van der Waals surface area (Å²) in [5.41, 5.74) is 4.49. The average Bonchev–Trinajstić information content (AvgIpc) is 3.06. The smallest absolute Gasteiger partial charge is 0.229 e. The second-order valence-corrected chi connectivity index (χ2v) is 5.52. The van der Waals surface area contributed by atoms with Crippen molar-refractivity contribution in [3.05, 3.63) is 59.7 Å². The Morgan fingerprint density at radius 3 is 2.61 bits per heavy atom. The maximum Gasteiger partial charge on any atom is 0.229 e. The molecule has 23 heavy (non-hydrogen) atoms. The Morgan fingerprint density at radius 1 is 1.22 bits per heavy atom. The number of benzene rings is 1. The summed E-state index contributed by atoms with van der Waals surface area (Å²) in [5.74, 6) is -0.0724. The molecule has 0 aliphatic rings. The third-order valence-corrected chi connectivity index (χ3v) is 3.77. The van der Waals surface area contributed by atoms with Crippen molar-refractivity contribution in [2.45, 2.75) is 20.3 Å². The van der Waals surface area contributed by atoms with E-state index in [1.54, 1.807) is 17.1 Å². The number of aryl methyl sites for hydroxylation is 2. The van der Waals surface area contributed by atoms with Crippen molar-refractivity contribution in [3.63, 3.8) is 0 Å². The molecule has 1 aromatic carbocycles. The first-order valence-electron chi connectivity index (χ1n) is 7.43. The Hall–Kier alpha value is -2.89. The van der Waals surface area contributed by atoms with E-state index in [-0.39, 0.29) is 5.91 Å². The second kappa shape index (κ2) is 6.08. The number of hydrogen-bond acceptors (Lipinski definition) is 3. The Labute approximate surface area is 134 Å². The fraction of sp³-hybridized carbons (Fsp3) is 0.235. The summed E-state index contributed by atoms with van der Waals surface area (Å²) in [7, 11) is 1.81. The minimum Gasteiger partial charge on any atom is -0.323 e. The van der Waals surface area contributed by atoms with Crippen LogP contribution >= 0.6 is 0 Å². The largest absolute Gasteiger partial charge is 0.323 e. The minimum atomic E-state index is -0.0724. The standard InChI is InChI=1S/C17H19N5O/c1-12-16(9-17(23)19-14-10-18-21(3)11-14)13(2)22(20-12)15-7-5-4-6-8-15/h4-8,10-11H,9H2,1-3H3,(H,19,23). The van der Waals surface area contributed by atoms with Crippen molar-refractivity contribution in [3.8, 4) is 5.69 Å². The van der Waals surface area contributed by atoms with E-state index in [1.807, 2.05) is 55.9 Å². The highest BCUT2D eigenvalue weighted by atomic mass is 16.1. The van der Waals surface area contributed by atoms with Crippen LogP contribution in [0.15, 0.2) is 42.7 Å². The number of carbonyl (C=O) groups excluding carboxylic acids is 1. The van der Waals surface area contributed by atoms with Gasteiger partial charge in [0, 0.05) is 24.5 Å². The van der Waals surface area contributed by atoms with Gasteiger partial charge in [-0.15, -0.1) is 0 Å². The summed E-state index contributed by atoms with van der Waals surface area (Å²) in [6, 6.07) is 9.91. The molecule has 0 spiro atoms. The maximum atomic E-state index is 12.3. The molecule has 1 N–H and O–H groups in total. The molecule has 6 heteroatoms. The highest BCUT2D eigenvalue weighted by Gasteiger charge is 2.16. The number of nitrogens with zero attached hydrogens (tertiary/aromatic N) is 4. The lowest BCUT2D eigenvalue weighted by molar-refractivity contribution is -0.115. The number of nitrogens with one attached hydrogen (secondary N) is 1. The molecule has 0 bridgehead atoms. The van der Waals surface area contributed by atoms with E-state index in [2.05, 4.69) is 15.5 Å². The summed E-state index contributed by atoms with van der Waals surface area (Å²) in [5, 5.41) is 11.5. The molecule has 0 saturated heterocycles. The maximum absolute atomic E-state index is 12.3. The predicted molar refractivity (Wildman–Crippen MR) is 88.6 cm³/mol. The molecule has 2 heterocycles. The van der Waals surface area contributed by atoms with E-state index < -0.39 is 0 Å². The molecule has 3 rings (SSSR count). The molecule has 0 saturated carbocycles. The Balaban J connectivity index is 1.80. The van der Waals surface area contributed by atoms with Gasteiger partial charge in [0.1, 0.15) is 0 Å². The van der Waals surface area contributed by atoms with Crippen molar-refractivity contribution in [1.82, 2.24) is 19.6 Å². The van der Waals surface area contributed by atoms with E-state index in [0.29, 0.717) is 12.1 Å². The van der Waals surface area contributed by atoms with E-state index >= 15 is 0 Å². The molecule has 0 aliphatic carbocycles. The van der Waals surface area contributed by atoms with Crippen LogP contribution in [-0.2, 0) is 18.3 Å². The molecule has 0 radical (unpaired) electrons. The van der Waals surface area contributed by atoms with Gasteiger partial charge in [0.25, 0.3) is 0 Å². The first kappa shape index (κ1) is 15.0. The molecule has 0 atom stereocenters. The van der Waals surface area contributed by atoms with Crippen LogP contribution in [0, 0.1) is 13.8 Å². The summed E-state index contributed by atoms with van der Waals surface area (Å²) in [6.07, 6.45) is 3.69. The lowest BCUT2D eigenvalue weighted by Crippen LogP contribution is -2.15. The summed E-state index contributed by atoms with van der Waals surface area (Å²) in [6.45, 7) is 3.92. The fourth-order valence-corrected chi connectivity index (χ4v) is 2.60. The third-order valence-electron chi connectivity index (χ3n) is 3.77. The van der Waals surface area contributed by atoms with Crippen molar-refractivity contribution in [2.24, 2.45) is 7.05 Å².